The molecule has 5 nitrogen and oxygen atoms in total. The zero-order valence-electron chi connectivity index (χ0n) is 11.5. The van der Waals surface area contributed by atoms with Crippen molar-refractivity contribution in [3.05, 3.63) is 22.7 Å². The fourth-order valence-electron chi connectivity index (χ4n) is 2.42. The Balaban J connectivity index is 1.79. The van der Waals surface area contributed by atoms with Gasteiger partial charge in [0.05, 0.1) is 18.3 Å². The fourth-order valence-corrected chi connectivity index (χ4v) is 2.92. The standard InChI is InChI=1S/C14H20BrN3O2/c1-18(7-9-4-11(19)5-9)8-14(20)17-13-3-2-10(16)6-12(13)15/h2-3,6,9,11,19H,4-5,7-8,16H2,1H3,(H,17,20). The highest BCUT2D eigenvalue weighted by Gasteiger charge is 2.28. The van der Waals surface area contributed by atoms with Gasteiger partial charge in [-0.1, -0.05) is 0 Å². The number of hydrogen-bond donors (Lipinski definition) is 3. The molecule has 1 fully saturated rings. The average molecular weight is 342 g/mol. The Labute approximate surface area is 127 Å². The van der Waals surface area contributed by atoms with Gasteiger partial charge in [-0.2, -0.15) is 0 Å². The number of likely N-dealkylation sites (N-methyl/N-ethyl adjacent to an activating group) is 1. The third-order valence-corrected chi connectivity index (χ3v) is 4.12. The van der Waals surface area contributed by atoms with E-state index in [4.69, 9.17) is 5.73 Å². The van der Waals surface area contributed by atoms with Crippen molar-refractivity contribution in [1.82, 2.24) is 4.90 Å². The van der Waals surface area contributed by atoms with E-state index in [1.54, 1.807) is 18.2 Å². The Morgan fingerprint density at radius 2 is 2.25 bits per heavy atom. The molecule has 110 valence electrons. The smallest absolute Gasteiger partial charge is 0.238 e. The third kappa shape index (κ3) is 4.19. The monoisotopic (exact) mass is 341 g/mol. The Hall–Kier alpha value is -1.11. The van der Waals surface area contributed by atoms with Crippen LogP contribution in [0.3, 0.4) is 0 Å². The number of carbonyl (C=O) groups excluding carboxylic acids is 1. The van der Waals surface area contributed by atoms with E-state index in [2.05, 4.69) is 21.2 Å². The molecule has 1 aromatic carbocycles. The second-order valence-corrected chi connectivity index (χ2v) is 6.33. The van der Waals surface area contributed by atoms with E-state index in [-0.39, 0.29) is 12.0 Å². The fraction of sp³-hybridized carbons (Fsp3) is 0.500. The molecule has 0 atom stereocenters. The zero-order chi connectivity index (χ0) is 14.7. The topological polar surface area (TPSA) is 78.6 Å². The molecule has 1 saturated carbocycles. The van der Waals surface area contributed by atoms with Crippen LogP contribution in [-0.4, -0.2) is 42.2 Å². The molecule has 0 saturated heterocycles. The Bertz CT molecular complexity index is 489. The number of hydrogen-bond acceptors (Lipinski definition) is 4. The lowest BCUT2D eigenvalue weighted by Gasteiger charge is -2.34. The maximum atomic E-state index is 12.0. The molecule has 1 amide bonds. The van der Waals surface area contributed by atoms with E-state index in [0.717, 1.165) is 29.5 Å². The number of anilines is 2. The van der Waals surface area contributed by atoms with Crippen molar-refractivity contribution >= 4 is 33.2 Å². The molecule has 0 aromatic heterocycles. The summed E-state index contributed by atoms with van der Waals surface area (Å²) >= 11 is 3.37. The number of nitrogens with two attached hydrogens (primary N) is 1. The molecule has 0 heterocycles. The quantitative estimate of drug-likeness (QED) is 0.712. The molecule has 6 heteroatoms. The molecular formula is C14H20BrN3O2. The van der Waals surface area contributed by atoms with Crippen molar-refractivity contribution in [2.45, 2.75) is 18.9 Å². The first-order valence-corrected chi connectivity index (χ1v) is 7.45. The third-order valence-electron chi connectivity index (χ3n) is 3.46. The van der Waals surface area contributed by atoms with Gasteiger partial charge in [-0.3, -0.25) is 9.69 Å². The summed E-state index contributed by atoms with van der Waals surface area (Å²) in [6, 6.07) is 5.29. The molecule has 0 spiro atoms. The van der Waals surface area contributed by atoms with Crippen molar-refractivity contribution in [2.24, 2.45) is 5.92 Å². The highest BCUT2D eigenvalue weighted by atomic mass is 79.9. The normalized spacial score (nSPS) is 21.6. The SMILES string of the molecule is CN(CC(=O)Nc1ccc(N)cc1Br)CC1CC(O)C1. The number of aliphatic hydroxyl groups excluding tert-OH is 1. The van der Waals surface area contributed by atoms with Gasteiger partial charge in [0, 0.05) is 16.7 Å². The summed E-state index contributed by atoms with van der Waals surface area (Å²) in [6.07, 6.45) is 1.54. The number of benzene rings is 1. The molecule has 0 radical (unpaired) electrons. The van der Waals surface area contributed by atoms with Gasteiger partial charge < -0.3 is 16.2 Å². The number of nitrogens with zero attached hydrogens (tertiary/aromatic N) is 1. The van der Waals surface area contributed by atoms with Crippen LogP contribution in [0, 0.1) is 5.92 Å². The summed E-state index contributed by atoms with van der Waals surface area (Å²) in [7, 11) is 1.92. The minimum absolute atomic E-state index is 0.0576. The van der Waals surface area contributed by atoms with Crippen LogP contribution < -0.4 is 11.1 Å². The van der Waals surface area contributed by atoms with Crippen molar-refractivity contribution < 1.29 is 9.90 Å². The molecule has 0 unspecified atom stereocenters. The van der Waals surface area contributed by atoms with Crippen LogP contribution in [-0.2, 0) is 4.79 Å². The van der Waals surface area contributed by atoms with Gasteiger partial charge in [0.25, 0.3) is 0 Å². The van der Waals surface area contributed by atoms with E-state index in [0.29, 0.717) is 18.2 Å². The first kappa shape index (κ1) is 15.3. The van der Waals surface area contributed by atoms with Gasteiger partial charge in [-0.25, -0.2) is 0 Å². The number of aliphatic hydroxyl groups is 1. The van der Waals surface area contributed by atoms with E-state index in [9.17, 15) is 9.90 Å². The molecule has 1 aliphatic carbocycles. The average Bonchev–Trinajstić information content (AvgIpc) is 2.30. The largest absolute Gasteiger partial charge is 0.399 e. The number of halogens is 1. The minimum atomic E-state index is -0.145. The summed E-state index contributed by atoms with van der Waals surface area (Å²) < 4.78 is 0.774. The minimum Gasteiger partial charge on any atom is -0.399 e. The molecule has 1 aromatic rings. The van der Waals surface area contributed by atoms with Crippen LogP contribution in [0.1, 0.15) is 12.8 Å². The summed E-state index contributed by atoms with van der Waals surface area (Å²) in [4.78, 5) is 13.9. The number of nitrogen functional groups attached to an aromatic ring is 1. The van der Waals surface area contributed by atoms with Crippen LogP contribution in [0.15, 0.2) is 22.7 Å². The molecule has 4 N–H and O–H groups in total. The van der Waals surface area contributed by atoms with E-state index >= 15 is 0 Å². The Morgan fingerprint density at radius 3 is 2.85 bits per heavy atom. The summed E-state index contributed by atoms with van der Waals surface area (Å²) in [5.41, 5.74) is 7.02. The Kier molecular flexibility index (Phi) is 5.01. The van der Waals surface area contributed by atoms with Crippen molar-refractivity contribution in [2.75, 3.05) is 31.2 Å². The van der Waals surface area contributed by atoms with Crippen LogP contribution in [0.25, 0.3) is 0 Å². The predicted molar refractivity (Wildman–Crippen MR) is 83.4 cm³/mol. The predicted octanol–water partition coefficient (Wildman–Crippen LogP) is 1.67. The highest BCUT2D eigenvalue weighted by Crippen LogP contribution is 2.27. The second-order valence-electron chi connectivity index (χ2n) is 5.48. The maximum absolute atomic E-state index is 12.0. The summed E-state index contributed by atoms with van der Waals surface area (Å²) in [6.45, 7) is 1.18. The molecule has 1 aliphatic rings. The zero-order valence-corrected chi connectivity index (χ0v) is 13.1. The first-order chi connectivity index (χ1) is 9.44. The van der Waals surface area contributed by atoms with Gasteiger partial charge in [0.1, 0.15) is 0 Å². The highest BCUT2D eigenvalue weighted by molar-refractivity contribution is 9.10. The van der Waals surface area contributed by atoms with Crippen molar-refractivity contribution in [3.63, 3.8) is 0 Å². The van der Waals surface area contributed by atoms with Crippen molar-refractivity contribution in [1.29, 1.82) is 0 Å². The summed E-state index contributed by atoms with van der Waals surface area (Å²) in [5.74, 6) is 0.448. The number of rotatable bonds is 5. The van der Waals surface area contributed by atoms with Gasteiger partial charge >= 0.3 is 0 Å². The van der Waals surface area contributed by atoms with Crippen LogP contribution in [0.2, 0.25) is 0 Å². The molecule has 0 bridgehead atoms. The lowest BCUT2D eigenvalue weighted by Crippen LogP contribution is -2.39. The van der Waals surface area contributed by atoms with Gasteiger partial charge in [-0.15, -0.1) is 0 Å². The molecule has 0 aliphatic heterocycles. The summed E-state index contributed by atoms with van der Waals surface area (Å²) in [5, 5.41) is 12.1. The lowest BCUT2D eigenvalue weighted by atomic mass is 9.82. The molecule has 2 rings (SSSR count). The Morgan fingerprint density at radius 1 is 1.55 bits per heavy atom. The number of amides is 1. The number of nitrogens with one attached hydrogen (secondary N) is 1. The van der Waals surface area contributed by atoms with E-state index in [1.807, 2.05) is 11.9 Å². The lowest BCUT2D eigenvalue weighted by molar-refractivity contribution is -0.117. The first-order valence-electron chi connectivity index (χ1n) is 6.65. The van der Waals surface area contributed by atoms with Gasteiger partial charge in [0.15, 0.2) is 0 Å². The van der Waals surface area contributed by atoms with Crippen LogP contribution in [0.5, 0.6) is 0 Å². The molecular weight excluding hydrogens is 322 g/mol. The van der Waals surface area contributed by atoms with E-state index < -0.39 is 0 Å². The van der Waals surface area contributed by atoms with Crippen LogP contribution >= 0.6 is 15.9 Å². The molecule has 20 heavy (non-hydrogen) atoms. The second kappa shape index (κ2) is 6.56. The van der Waals surface area contributed by atoms with Gasteiger partial charge in [-0.05, 0) is 59.9 Å². The van der Waals surface area contributed by atoms with Crippen molar-refractivity contribution in [3.8, 4) is 0 Å². The number of carbonyl (C=O) groups is 1. The van der Waals surface area contributed by atoms with Gasteiger partial charge in [0.2, 0.25) is 5.91 Å². The van der Waals surface area contributed by atoms with Crippen LogP contribution in [0.4, 0.5) is 11.4 Å². The maximum Gasteiger partial charge on any atom is 0.238 e. The van der Waals surface area contributed by atoms with E-state index in [1.165, 1.54) is 0 Å².